The van der Waals surface area contributed by atoms with E-state index in [-0.39, 0.29) is 11.3 Å². The van der Waals surface area contributed by atoms with Gasteiger partial charge in [0.2, 0.25) is 0 Å². The predicted octanol–water partition coefficient (Wildman–Crippen LogP) is 16.1. The van der Waals surface area contributed by atoms with Crippen molar-refractivity contribution >= 4 is 55.3 Å². The van der Waals surface area contributed by atoms with Crippen LogP contribution < -0.4 is 0 Å². The molecule has 1 unspecified atom stereocenters. The van der Waals surface area contributed by atoms with Gasteiger partial charge in [-0.05, 0) is 118 Å². The van der Waals surface area contributed by atoms with E-state index in [0.717, 1.165) is 62.0 Å². The Labute approximate surface area is 384 Å². The second kappa shape index (κ2) is 15.6. The number of hydrogen-bond acceptors (Lipinski definition) is 2. The summed E-state index contributed by atoms with van der Waals surface area (Å²) >= 11 is 0. The molecule has 12 rings (SSSR count). The van der Waals surface area contributed by atoms with Crippen LogP contribution in [0.2, 0.25) is 0 Å². The molecular weight excluding hydrogens is 803 g/mol. The number of amidine groups is 1. The number of furan rings is 1. The van der Waals surface area contributed by atoms with Crippen molar-refractivity contribution in [2.75, 3.05) is 0 Å². The van der Waals surface area contributed by atoms with Crippen molar-refractivity contribution in [3.05, 3.63) is 246 Å². The van der Waals surface area contributed by atoms with Gasteiger partial charge in [0.05, 0.1) is 16.7 Å². The lowest BCUT2D eigenvalue weighted by molar-refractivity contribution is 0.661. The minimum absolute atomic E-state index is 0.0946. The Bertz CT molecular complexity index is 3710. The number of aromatic nitrogens is 1. The highest BCUT2D eigenvalue weighted by Gasteiger charge is 2.36. The first-order valence-corrected chi connectivity index (χ1v) is 22.9. The molecule has 2 aliphatic carbocycles. The SMILES string of the molecule is C=C(N=C(N=C(C)c1ccccc1)c1ccccc1)C1=CC=CC(c2cccc3oc4ccc(-c5ccc6c(c5)c5cc7c(cc5n6-c5ccccc5)C(C)(C)c5ccccc5-7)cc4c23)C1. The third-order valence-corrected chi connectivity index (χ3v) is 13.9. The number of hydrogen-bond donors (Lipinski definition) is 0. The number of allylic oxidation sites excluding steroid dienone is 4. The first-order valence-electron chi connectivity index (χ1n) is 22.9. The number of para-hydroxylation sites is 1. The lowest BCUT2D eigenvalue weighted by atomic mass is 9.82. The molecule has 4 nitrogen and oxygen atoms in total. The van der Waals surface area contributed by atoms with E-state index in [1.165, 1.54) is 55.2 Å². The van der Waals surface area contributed by atoms with Gasteiger partial charge in [-0.15, -0.1) is 0 Å². The highest BCUT2D eigenvalue weighted by molar-refractivity contribution is 6.14. The summed E-state index contributed by atoms with van der Waals surface area (Å²) in [5, 5.41) is 4.75. The minimum Gasteiger partial charge on any atom is -0.456 e. The number of fused-ring (bicyclic) bond motifs is 9. The van der Waals surface area contributed by atoms with Crippen LogP contribution in [0.5, 0.6) is 0 Å². The summed E-state index contributed by atoms with van der Waals surface area (Å²) in [5.41, 5.74) is 18.9. The number of aliphatic imine (C=N–C) groups is 2. The van der Waals surface area contributed by atoms with Crippen molar-refractivity contribution in [3.63, 3.8) is 0 Å². The van der Waals surface area contributed by atoms with Crippen LogP contribution in [0.1, 0.15) is 60.9 Å². The number of nitrogens with zero attached hydrogens (tertiary/aromatic N) is 3. The normalized spacial score (nSPS) is 15.7. The zero-order valence-electron chi connectivity index (χ0n) is 37.3. The van der Waals surface area contributed by atoms with Gasteiger partial charge in [0.15, 0.2) is 5.84 Å². The van der Waals surface area contributed by atoms with Crippen LogP contribution in [0, 0.1) is 0 Å². The third kappa shape index (κ3) is 6.51. The molecule has 2 aliphatic rings. The Hall–Kier alpha value is -8.08. The molecule has 66 heavy (non-hydrogen) atoms. The monoisotopic (exact) mass is 849 g/mol. The van der Waals surface area contributed by atoms with Gasteiger partial charge in [0, 0.05) is 49.8 Å². The van der Waals surface area contributed by atoms with E-state index in [2.05, 4.69) is 189 Å². The van der Waals surface area contributed by atoms with E-state index in [4.69, 9.17) is 14.4 Å². The minimum atomic E-state index is -0.0964. The van der Waals surface area contributed by atoms with Crippen molar-refractivity contribution in [1.82, 2.24) is 4.57 Å². The fourth-order valence-corrected chi connectivity index (χ4v) is 10.5. The molecule has 0 bridgehead atoms. The topological polar surface area (TPSA) is 42.8 Å². The molecule has 0 amide bonds. The Morgan fingerprint density at radius 1 is 0.606 bits per heavy atom. The molecule has 0 N–H and O–H groups in total. The van der Waals surface area contributed by atoms with Crippen LogP contribution >= 0.6 is 0 Å². The second-order valence-electron chi connectivity index (χ2n) is 18.2. The van der Waals surface area contributed by atoms with Gasteiger partial charge in [0.25, 0.3) is 0 Å². The van der Waals surface area contributed by atoms with Gasteiger partial charge in [-0.2, -0.15) is 0 Å². The molecule has 2 heterocycles. The van der Waals surface area contributed by atoms with Crippen LogP contribution in [0.4, 0.5) is 0 Å². The van der Waals surface area contributed by atoms with Crippen molar-refractivity contribution in [3.8, 4) is 27.9 Å². The molecule has 316 valence electrons. The van der Waals surface area contributed by atoms with Crippen LogP contribution in [0.25, 0.3) is 71.7 Å². The molecule has 0 radical (unpaired) electrons. The average Bonchev–Trinajstić information content (AvgIpc) is 3.98. The summed E-state index contributed by atoms with van der Waals surface area (Å²) in [5.74, 6) is 0.738. The van der Waals surface area contributed by atoms with E-state index in [9.17, 15) is 0 Å². The van der Waals surface area contributed by atoms with Gasteiger partial charge < -0.3 is 8.98 Å². The van der Waals surface area contributed by atoms with Crippen molar-refractivity contribution in [2.45, 2.75) is 38.5 Å². The summed E-state index contributed by atoms with van der Waals surface area (Å²) in [6.07, 6.45) is 7.33. The smallest absolute Gasteiger partial charge is 0.159 e. The van der Waals surface area contributed by atoms with Crippen LogP contribution in [0.15, 0.2) is 232 Å². The zero-order valence-corrected chi connectivity index (χ0v) is 37.3. The van der Waals surface area contributed by atoms with Gasteiger partial charge in [0.1, 0.15) is 11.2 Å². The van der Waals surface area contributed by atoms with E-state index in [1.54, 1.807) is 0 Å². The standard InChI is InChI=1S/C62H47N3O/c1-39(41-18-8-5-9-19-41)63-61(42-20-10-6-11-21-42)64-40(2)43-22-16-23-46(34-43)48-27-17-29-59-60(48)53-36-45(31-33-58(53)66-59)44-30-32-56-51(35-44)52-37-50-49-26-14-15-28-54(49)62(3,4)55(50)38-57(52)65(56)47-24-12-7-13-25-47/h5-33,35-38,46H,2,34H2,1,3-4H3. The third-order valence-electron chi connectivity index (χ3n) is 13.9. The summed E-state index contributed by atoms with van der Waals surface area (Å²) in [6, 6.07) is 65.1. The molecule has 2 aromatic heterocycles. The number of rotatable bonds is 7. The molecule has 8 aromatic carbocycles. The molecule has 1 atom stereocenters. The summed E-state index contributed by atoms with van der Waals surface area (Å²) in [7, 11) is 0. The first-order chi connectivity index (χ1) is 32.3. The summed E-state index contributed by atoms with van der Waals surface area (Å²) in [4.78, 5) is 10.2. The molecule has 0 saturated heterocycles. The molecule has 0 fully saturated rings. The van der Waals surface area contributed by atoms with E-state index >= 15 is 0 Å². The van der Waals surface area contributed by atoms with Crippen LogP contribution in [-0.2, 0) is 5.41 Å². The maximum absolute atomic E-state index is 6.60. The van der Waals surface area contributed by atoms with Crippen molar-refractivity contribution < 1.29 is 4.42 Å². The van der Waals surface area contributed by atoms with Gasteiger partial charge in [-0.3, -0.25) is 0 Å². The predicted molar refractivity (Wildman–Crippen MR) is 276 cm³/mol. The van der Waals surface area contributed by atoms with Crippen LogP contribution in [-0.4, -0.2) is 16.1 Å². The largest absolute Gasteiger partial charge is 0.456 e. The van der Waals surface area contributed by atoms with Gasteiger partial charge in [-0.1, -0.05) is 166 Å². The second-order valence-corrected chi connectivity index (χ2v) is 18.2. The maximum atomic E-state index is 6.60. The zero-order chi connectivity index (χ0) is 44.5. The molecule has 10 aromatic rings. The molecule has 0 aliphatic heterocycles. The van der Waals surface area contributed by atoms with Gasteiger partial charge >= 0.3 is 0 Å². The van der Waals surface area contributed by atoms with E-state index < -0.39 is 0 Å². The Kier molecular flexibility index (Phi) is 9.32. The number of benzene rings is 8. The fourth-order valence-electron chi connectivity index (χ4n) is 10.5. The maximum Gasteiger partial charge on any atom is 0.159 e. The van der Waals surface area contributed by atoms with Gasteiger partial charge in [-0.25, -0.2) is 9.98 Å². The van der Waals surface area contributed by atoms with Crippen molar-refractivity contribution in [2.24, 2.45) is 9.98 Å². The van der Waals surface area contributed by atoms with Crippen LogP contribution in [0.3, 0.4) is 0 Å². The first kappa shape index (κ1) is 39.5. The molecule has 4 heteroatoms. The molecule has 0 saturated carbocycles. The quantitative estimate of drug-likeness (QED) is 0.116. The highest BCUT2D eigenvalue weighted by Crippen LogP contribution is 2.51. The lowest BCUT2D eigenvalue weighted by Crippen LogP contribution is -2.14. The van der Waals surface area contributed by atoms with Crippen molar-refractivity contribution in [1.29, 1.82) is 0 Å². The lowest BCUT2D eigenvalue weighted by Gasteiger charge is -2.21. The highest BCUT2D eigenvalue weighted by atomic mass is 16.3. The Balaban J connectivity index is 0.931. The molecule has 0 spiro atoms. The summed E-state index contributed by atoms with van der Waals surface area (Å²) in [6.45, 7) is 11.3. The Morgan fingerprint density at radius 3 is 2.08 bits per heavy atom. The van der Waals surface area contributed by atoms with E-state index in [1.807, 2.05) is 43.3 Å². The molecular formula is C62H47N3O. The average molecular weight is 850 g/mol. The summed E-state index contributed by atoms with van der Waals surface area (Å²) < 4.78 is 9.04. The fraction of sp³-hybridized carbons (Fsp3) is 0.0968. The van der Waals surface area contributed by atoms with E-state index in [0.29, 0.717) is 11.5 Å². The Morgan fingerprint density at radius 2 is 1.29 bits per heavy atom.